The van der Waals surface area contributed by atoms with E-state index in [1.165, 1.54) is 0 Å². The first kappa shape index (κ1) is 25.4. The van der Waals surface area contributed by atoms with Crippen LogP contribution in [0.4, 0.5) is 0 Å². The van der Waals surface area contributed by atoms with Crippen molar-refractivity contribution in [1.82, 2.24) is 0 Å². The van der Waals surface area contributed by atoms with E-state index < -0.39 is 17.9 Å². The van der Waals surface area contributed by atoms with Crippen molar-refractivity contribution in [2.75, 3.05) is 16.0 Å². The number of carbonyl (C=O) groups excluding carboxylic acids is 3. The van der Waals surface area contributed by atoms with Crippen molar-refractivity contribution in [2.45, 2.75) is 0 Å². The molecule has 0 fully saturated rings. The summed E-state index contributed by atoms with van der Waals surface area (Å²) in [7, 11) is 0. The monoisotopic (exact) mass is 480 g/mol. The maximum Gasteiger partial charge on any atom is 3.00 e. The average Bonchev–Trinajstić information content (AvgIpc) is 2.19. The summed E-state index contributed by atoms with van der Waals surface area (Å²) in [6.07, 6.45) is 0. The predicted molar refractivity (Wildman–Crippen MR) is 62.2 cm³/mol. The Bertz CT molecular complexity index is 167. The number of hydrogen-bond donors (Lipinski definition) is 0. The minimum atomic E-state index is -1.08. The van der Waals surface area contributed by atoms with Crippen molar-refractivity contribution in [3.05, 3.63) is 0 Å². The first-order chi connectivity index (χ1) is 6.81. The SMILES string of the molecule is O=C([O-])CBr.O=C([O-])CBr.O=C([O-])CBr.[Ga+3]. The smallest absolute Gasteiger partial charge is 0.549 e. The van der Waals surface area contributed by atoms with Crippen LogP contribution in [0.25, 0.3) is 0 Å². The Morgan fingerprint density at radius 1 is 0.688 bits per heavy atom. The summed E-state index contributed by atoms with van der Waals surface area (Å²) in [6, 6.07) is 0. The number of rotatable bonds is 3. The van der Waals surface area contributed by atoms with Crippen LogP contribution in [0.5, 0.6) is 0 Å². The van der Waals surface area contributed by atoms with Crippen LogP contribution < -0.4 is 15.3 Å². The Morgan fingerprint density at radius 2 is 0.750 bits per heavy atom. The molecule has 0 atom stereocenters. The van der Waals surface area contributed by atoms with Gasteiger partial charge in [0.1, 0.15) is 0 Å². The Kier molecular flexibility index (Phi) is 33.0. The number of hydrogen-bond acceptors (Lipinski definition) is 6. The van der Waals surface area contributed by atoms with Gasteiger partial charge in [0, 0.05) is 16.0 Å². The summed E-state index contributed by atoms with van der Waals surface area (Å²) in [5, 5.41) is 27.4. The molecule has 0 unspecified atom stereocenters. The predicted octanol–water partition coefficient (Wildman–Crippen LogP) is -2.99. The Balaban J connectivity index is -0.0000000655. The van der Waals surface area contributed by atoms with Gasteiger partial charge in [0.2, 0.25) is 0 Å². The third-order valence-corrected chi connectivity index (χ3v) is 1.70. The third kappa shape index (κ3) is 62.6. The molecule has 0 saturated carbocycles. The molecular weight excluding hydrogens is 477 g/mol. The molecule has 0 aromatic heterocycles. The molecule has 0 N–H and O–H groups in total. The summed E-state index contributed by atoms with van der Waals surface area (Å²) in [6.45, 7) is 0. The molecule has 0 aliphatic heterocycles. The zero-order chi connectivity index (χ0) is 12.9. The van der Waals surface area contributed by atoms with E-state index in [2.05, 4.69) is 47.8 Å². The minimum Gasteiger partial charge on any atom is -0.549 e. The number of carbonyl (C=O) groups is 3. The second kappa shape index (κ2) is 20.8. The number of aliphatic carboxylic acids is 3. The molecular formula is C6H6Br3GaO6. The van der Waals surface area contributed by atoms with Crippen molar-refractivity contribution in [3.63, 3.8) is 0 Å². The molecule has 6 nitrogen and oxygen atoms in total. The molecule has 16 heavy (non-hydrogen) atoms. The first-order valence-corrected chi connectivity index (χ1v) is 6.45. The van der Waals surface area contributed by atoms with Crippen LogP contribution in [-0.2, 0) is 14.4 Å². The van der Waals surface area contributed by atoms with Gasteiger partial charge in [-0.25, -0.2) is 0 Å². The van der Waals surface area contributed by atoms with Gasteiger partial charge in [0.25, 0.3) is 0 Å². The summed E-state index contributed by atoms with van der Waals surface area (Å²) in [4.78, 5) is 27.6. The van der Waals surface area contributed by atoms with E-state index in [-0.39, 0.29) is 35.8 Å². The van der Waals surface area contributed by atoms with Crippen LogP contribution in [0.3, 0.4) is 0 Å². The number of halogens is 3. The van der Waals surface area contributed by atoms with E-state index in [4.69, 9.17) is 0 Å². The zero-order valence-electron chi connectivity index (χ0n) is 7.78. The van der Waals surface area contributed by atoms with Gasteiger partial charge in [-0.3, -0.25) is 0 Å². The van der Waals surface area contributed by atoms with E-state index in [0.717, 1.165) is 0 Å². The first-order valence-electron chi connectivity index (χ1n) is 3.09. The van der Waals surface area contributed by atoms with Gasteiger partial charge in [0.05, 0.1) is 17.9 Å². The molecule has 90 valence electrons. The minimum absolute atomic E-state index is 0. The van der Waals surface area contributed by atoms with E-state index in [0.29, 0.717) is 0 Å². The van der Waals surface area contributed by atoms with Crippen LogP contribution >= 0.6 is 47.8 Å². The van der Waals surface area contributed by atoms with Crippen molar-refractivity contribution in [3.8, 4) is 0 Å². The topological polar surface area (TPSA) is 120 Å². The quantitative estimate of drug-likeness (QED) is 0.312. The van der Waals surface area contributed by atoms with E-state index >= 15 is 0 Å². The van der Waals surface area contributed by atoms with Gasteiger partial charge in [-0.2, -0.15) is 0 Å². The molecule has 0 spiro atoms. The summed E-state index contributed by atoms with van der Waals surface area (Å²) in [5.41, 5.74) is 0. The third-order valence-electron chi connectivity index (χ3n) is 0.327. The number of carboxylic acids is 3. The summed E-state index contributed by atoms with van der Waals surface area (Å²) < 4.78 is 0. The summed E-state index contributed by atoms with van der Waals surface area (Å²) in [5.74, 6) is -3.24. The molecule has 0 bridgehead atoms. The van der Waals surface area contributed by atoms with Gasteiger partial charge >= 0.3 is 19.8 Å². The Hall–Kier alpha value is 0.486. The molecule has 0 aromatic rings. The standard InChI is InChI=1S/3C2H3BrO2.Ga/c3*3-1-2(4)5;/h3*1H2,(H,4,5);/q;;;+3/p-3. The molecule has 0 aliphatic rings. The van der Waals surface area contributed by atoms with Crippen LogP contribution in [0.2, 0.25) is 0 Å². The molecule has 0 amide bonds. The largest absolute Gasteiger partial charge is 3.00 e. The second-order valence-electron chi connectivity index (χ2n) is 1.52. The van der Waals surface area contributed by atoms with Crippen molar-refractivity contribution < 1.29 is 29.7 Å². The fraction of sp³-hybridized carbons (Fsp3) is 0.500. The van der Waals surface area contributed by atoms with Crippen molar-refractivity contribution >= 4 is 85.5 Å². The molecule has 10 heteroatoms. The van der Waals surface area contributed by atoms with Crippen molar-refractivity contribution in [1.29, 1.82) is 0 Å². The maximum absolute atomic E-state index is 9.21. The molecule has 0 heterocycles. The second-order valence-corrected chi connectivity index (χ2v) is 3.20. The Labute approximate surface area is 130 Å². The van der Waals surface area contributed by atoms with Crippen LogP contribution in [-0.4, -0.2) is 53.7 Å². The van der Waals surface area contributed by atoms with Crippen molar-refractivity contribution in [2.24, 2.45) is 0 Å². The molecule has 0 aromatic carbocycles. The fourth-order valence-corrected chi connectivity index (χ4v) is 0. The van der Waals surface area contributed by atoms with Gasteiger partial charge in [0.15, 0.2) is 0 Å². The Morgan fingerprint density at radius 3 is 0.750 bits per heavy atom. The molecule has 0 radical (unpaired) electrons. The molecule has 0 rings (SSSR count). The van der Waals surface area contributed by atoms with E-state index in [1.807, 2.05) is 0 Å². The summed E-state index contributed by atoms with van der Waals surface area (Å²) >= 11 is 7.95. The van der Waals surface area contributed by atoms with E-state index in [9.17, 15) is 29.7 Å². The fourth-order valence-electron chi connectivity index (χ4n) is 0. The molecule has 0 aliphatic carbocycles. The van der Waals surface area contributed by atoms with Gasteiger partial charge in [-0.15, -0.1) is 0 Å². The van der Waals surface area contributed by atoms with E-state index in [1.54, 1.807) is 0 Å². The normalized spacial score (nSPS) is 6.94. The zero-order valence-corrected chi connectivity index (χ0v) is 15.0. The van der Waals surface area contributed by atoms with Crippen LogP contribution in [0.1, 0.15) is 0 Å². The molecule has 0 saturated heterocycles. The average molecular weight is 484 g/mol. The van der Waals surface area contributed by atoms with Gasteiger partial charge < -0.3 is 29.7 Å². The van der Waals surface area contributed by atoms with Crippen LogP contribution in [0, 0.1) is 0 Å². The maximum atomic E-state index is 9.21. The van der Waals surface area contributed by atoms with Gasteiger partial charge in [-0.05, 0) is 0 Å². The van der Waals surface area contributed by atoms with Crippen LogP contribution in [0.15, 0.2) is 0 Å². The van der Waals surface area contributed by atoms with Gasteiger partial charge in [-0.1, -0.05) is 47.8 Å². The number of carboxylic acid groups (broad SMARTS) is 3. The number of alkyl halides is 3.